The number of carbonyl (C=O) groups is 1. The first-order valence-electron chi connectivity index (χ1n) is 8.96. The number of benzene rings is 1. The summed E-state index contributed by atoms with van der Waals surface area (Å²) in [6, 6.07) is 5.26. The maximum atomic E-state index is 12.9. The summed E-state index contributed by atoms with van der Waals surface area (Å²) in [5.41, 5.74) is 1.37. The molecule has 0 N–H and O–H groups in total. The van der Waals surface area contributed by atoms with Gasteiger partial charge in [-0.15, -0.1) is 0 Å². The Morgan fingerprint density at radius 3 is 2.59 bits per heavy atom. The second-order valence-corrected chi connectivity index (χ2v) is 6.83. The van der Waals surface area contributed by atoms with Crippen LogP contribution < -0.4 is 9.47 Å². The van der Waals surface area contributed by atoms with Crippen molar-refractivity contribution < 1.29 is 18.8 Å². The monoisotopic (exact) mass is 393 g/mol. The summed E-state index contributed by atoms with van der Waals surface area (Å²) >= 11 is 6.29. The lowest BCUT2D eigenvalue weighted by Gasteiger charge is -2.34. The summed E-state index contributed by atoms with van der Waals surface area (Å²) in [5, 5.41) is 4.28. The summed E-state index contributed by atoms with van der Waals surface area (Å²) in [6.45, 7) is 7.76. The number of methoxy groups -OCH3 is 1. The Bertz CT molecular complexity index is 800. The van der Waals surface area contributed by atoms with Crippen LogP contribution in [0.3, 0.4) is 0 Å². The molecule has 2 heterocycles. The molecule has 146 valence electrons. The molecular weight excluding hydrogens is 370 g/mol. The van der Waals surface area contributed by atoms with Crippen LogP contribution in [-0.2, 0) is 6.54 Å². The van der Waals surface area contributed by atoms with E-state index in [9.17, 15) is 4.79 Å². The first-order valence-corrected chi connectivity index (χ1v) is 9.33. The molecule has 0 spiro atoms. The predicted molar refractivity (Wildman–Crippen MR) is 102 cm³/mol. The zero-order valence-corrected chi connectivity index (χ0v) is 16.6. The van der Waals surface area contributed by atoms with Gasteiger partial charge in [0.05, 0.1) is 31.0 Å². The fourth-order valence-electron chi connectivity index (χ4n) is 3.13. The van der Waals surface area contributed by atoms with Gasteiger partial charge in [-0.3, -0.25) is 9.69 Å². The van der Waals surface area contributed by atoms with Crippen LogP contribution in [-0.4, -0.2) is 60.8 Å². The zero-order chi connectivity index (χ0) is 19.4. The highest BCUT2D eigenvalue weighted by Gasteiger charge is 2.24. The number of nitrogens with zero attached hydrogens (tertiary/aromatic N) is 3. The van der Waals surface area contributed by atoms with E-state index in [4.69, 9.17) is 25.6 Å². The quantitative estimate of drug-likeness (QED) is 0.751. The summed E-state index contributed by atoms with van der Waals surface area (Å²) in [7, 11) is 1.53. The highest BCUT2D eigenvalue weighted by Crippen LogP contribution is 2.36. The van der Waals surface area contributed by atoms with Crippen LogP contribution in [0.25, 0.3) is 0 Å². The minimum atomic E-state index is -0.0617. The lowest BCUT2D eigenvalue weighted by Crippen LogP contribution is -2.48. The average molecular weight is 394 g/mol. The minimum absolute atomic E-state index is 0.0617. The Hall–Kier alpha value is -2.25. The Balaban J connectivity index is 1.64. The number of amides is 1. The number of aryl methyl sites for hydroxylation is 1. The van der Waals surface area contributed by atoms with Crippen molar-refractivity contribution in [3.8, 4) is 11.5 Å². The molecule has 0 saturated carbocycles. The topological polar surface area (TPSA) is 68.0 Å². The van der Waals surface area contributed by atoms with E-state index in [1.165, 1.54) is 7.11 Å². The van der Waals surface area contributed by atoms with E-state index in [-0.39, 0.29) is 5.91 Å². The molecule has 1 fully saturated rings. The second-order valence-electron chi connectivity index (χ2n) is 6.43. The lowest BCUT2D eigenvalue weighted by molar-refractivity contribution is 0.0617. The molecule has 1 saturated heterocycles. The summed E-state index contributed by atoms with van der Waals surface area (Å²) < 4.78 is 16.1. The van der Waals surface area contributed by atoms with E-state index in [0.29, 0.717) is 48.3 Å². The Kier molecular flexibility index (Phi) is 6.23. The minimum Gasteiger partial charge on any atom is -0.493 e. The van der Waals surface area contributed by atoms with Crippen molar-refractivity contribution in [1.29, 1.82) is 0 Å². The van der Waals surface area contributed by atoms with Crippen molar-refractivity contribution in [3.63, 3.8) is 0 Å². The molecule has 0 aliphatic carbocycles. The van der Waals surface area contributed by atoms with Gasteiger partial charge in [0.15, 0.2) is 17.3 Å². The normalized spacial score (nSPS) is 15.0. The predicted octanol–water partition coefficient (Wildman–Crippen LogP) is 3.00. The third-order valence-electron chi connectivity index (χ3n) is 4.48. The Labute approximate surface area is 163 Å². The number of halogens is 1. The van der Waals surface area contributed by atoms with E-state index in [1.54, 1.807) is 12.1 Å². The second kappa shape index (κ2) is 8.63. The van der Waals surface area contributed by atoms with E-state index in [0.717, 1.165) is 24.5 Å². The molecule has 2 aromatic rings. The maximum absolute atomic E-state index is 12.9. The molecule has 1 aliphatic rings. The van der Waals surface area contributed by atoms with Crippen LogP contribution in [0.4, 0.5) is 0 Å². The molecule has 0 atom stereocenters. The van der Waals surface area contributed by atoms with Crippen molar-refractivity contribution in [2.45, 2.75) is 20.4 Å². The molecule has 8 heteroatoms. The van der Waals surface area contributed by atoms with Gasteiger partial charge < -0.3 is 18.9 Å². The SMILES string of the molecule is CCOc1c(Cl)cc(C(=O)N2CCN(Cc3cc(C)no3)CC2)cc1OC. The Morgan fingerprint density at radius 1 is 1.26 bits per heavy atom. The molecule has 0 radical (unpaired) electrons. The summed E-state index contributed by atoms with van der Waals surface area (Å²) in [6.07, 6.45) is 0. The molecule has 1 amide bonds. The highest BCUT2D eigenvalue weighted by atomic mass is 35.5. The van der Waals surface area contributed by atoms with Gasteiger partial charge in [-0.05, 0) is 26.0 Å². The average Bonchev–Trinajstić information content (AvgIpc) is 3.08. The van der Waals surface area contributed by atoms with Crippen LogP contribution in [0.1, 0.15) is 28.7 Å². The first kappa shape index (κ1) is 19.5. The van der Waals surface area contributed by atoms with Gasteiger partial charge in [-0.2, -0.15) is 0 Å². The van der Waals surface area contributed by atoms with Gasteiger partial charge in [0, 0.05) is 37.8 Å². The lowest BCUT2D eigenvalue weighted by atomic mass is 10.1. The van der Waals surface area contributed by atoms with Crippen molar-refractivity contribution in [2.75, 3.05) is 39.9 Å². The Morgan fingerprint density at radius 2 is 2.00 bits per heavy atom. The molecule has 7 nitrogen and oxygen atoms in total. The van der Waals surface area contributed by atoms with Gasteiger partial charge >= 0.3 is 0 Å². The van der Waals surface area contributed by atoms with Crippen LogP contribution >= 0.6 is 11.6 Å². The molecule has 1 aromatic carbocycles. The number of ether oxygens (including phenoxy) is 2. The van der Waals surface area contributed by atoms with Crippen LogP contribution in [0, 0.1) is 6.92 Å². The van der Waals surface area contributed by atoms with Gasteiger partial charge in [0.25, 0.3) is 5.91 Å². The maximum Gasteiger partial charge on any atom is 0.254 e. The van der Waals surface area contributed by atoms with E-state index in [1.807, 2.05) is 24.8 Å². The van der Waals surface area contributed by atoms with Crippen LogP contribution in [0.15, 0.2) is 22.7 Å². The largest absolute Gasteiger partial charge is 0.493 e. The standard InChI is InChI=1S/C19H24ClN3O4/c1-4-26-18-16(20)10-14(11-17(18)25-3)19(24)23-7-5-22(6-8-23)12-15-9-13(2)21-27-15/h9-11H,4-8,12H2,1-3H3. The number of aromatic nitrogens is 1. The number of carbonyl (C=O) groups excluding carboxylic acids is 1. The third kappa shape index (κ3) is 4.54. The summed E-state index contributed by atoms with van der Waals surface area (Å²) in [4.78, 5) is 17.0. The van der Waals surface area contributed by atoms with Gasteiger partial charge in [0.1, 0.15) is 0 Å². The van der Waals surface area contributed by atoms with E-state index in [2.05, 4.69) is 10.1 Å². The van der Waals surface area contributed by atoms with Crippen molar-refractivity contribution >= 4 is 17.5 Å². The van der Waals surface area contributed by atoms with Crippen molar-refractivity contribution in [2.24, 2.45) is 0 Å². The first-order chi connectivity index (χ1) is 13.0. The molecule has 0 unspecified atom stereocenters. The third-order valence-corrected chi connectivity index (χ3v) is 4.76. The molecule has 0 bridgehead atoms. The van der Waals surface area contributed by atoms with Crippen molar-refractivity contribution in [3.05, 3.63) is 40.2 Å². The van der Waals surface area contributed by atoms with Crippen LogP contribution in [0.2, 0.25) is 5.02 Å². The van der Waals surface area contributed by atoms with Gasteiger partial charge in [0.2, 0.25) is 0 Å². The van der Waals surface area contributed by atoms with Crippen molar-refractivity contribution in [1.82, 2.24) is 15.0 Å². The fourth-order valence-corrected chi connectivity index (χ4v) is 3.40. The van der Waals surface area contributed by atoms with E-state index >= 15 is 0 Å². The van der Waals surface area contributed by atoms with E-state index < -0.39 is 0 Å². The number of hydrogen-bond acceptors (Lipinski definition) is 6. The zero-order valence-electron chi connectivity index (χ0n) is 15.8. The molecular formula is C19H24ClN3O4. The van der Waals surface area contributed by atoms with Crippen LogP contribution in [0.5, 0.6) is 11.5 Å². The molecule has 27 heavy (non-hydrogen) atoms. The number of rotatable bonds is 6. The fraction of sp³-hybridized carbons (Fsp3) is 0.474. The number of hydrogen-bond donors (Lipinski definition) is 0. The highest BCUT2D eigenvalue weighted by molar-refractivity contribution is 6.32. The van der Waals surface area contributed by atoms with Gasteiger partial charge in [-0.1, -0.05) is 16.8 Å². The smallest absolute Gasteiger partial charge is 0.254 e. The number of piperazine rings is 1. The van der Waals surface area contributed by atoms with Gasteiger partial charge in [-0.25, -0.2) is 0 Å². The molecule has 1 aromatic heterocycles. The summed E-state index contributed by atoms with van der Waals surface area (Å²) in [5.74, 6) is 1.71. The molecule has 3 rings (SSSR count). The molecule has 1 aliphatic heterocycles.